The van der Waals surface area contributed by atoms with Gasteiger partial charge in [0.25, 0.3) is 0 Å². The van der Waals surface area contributed by atoms with Crippen LogP contribution in [-0.4, -0.2) is 37.4 Å². The summed E-state index contributed by atoms with van der Waals surface area (Å²) in [7, 11) is 2.60. The van der Waals surface area contributed by atoms with Gasteiger partial charge in [-0.15, -0.1) is 0 Å². The Morgan fingerprint density at radius 3 is 2.08 bits per heavy atom. The Kier molecular flexibility index (Phi) is 4.75. The topological polar surface area (TPSA) is 68.2 Å². The van der Waals surface area contributed by atoms with Crippen molar-refractivity contribution in [1.29, 1.82) is 0 Å². The molecule has 134 valence electrons. The van der Waals surface area contributed by atoms with Gasteiger partial charge in [-0.25, -0.2) is 9.80 Å². The number of carbonyl (C=O) groups is 2. The maximum Gasteiger partial charge on any atom is 0.334 e. The largest absolute Gasteiger partial charge is 0.468 e. The predicted molar refractivity (Wildman–Crippen MR) is 97.8 cm³/mol. The van der Waals surface area contributed by atoms with Gasteiger partial charge in [-0.1, -0.05) is 48.5 Å². The van der Waals surface area contributed by atoms with Crippen molar-refractivity contribution in [2.45, 2.75) is 12.5 Å². The molecule has 0 aliphatic carbocycles. The van der Waals surface area contributed by atoms with Crippen LogP contribution >= 0.6 is 0 Å². The summed E-state index contributed by atoms with van der Waals surface area (Å²) < 4.78 is 10.0. The van der Waals surface area contributed by atoms with Gasteiger partial charge in [-0.05, 0) is 24.6 Å². The van der Waals surface area contributed by atoms with E-state index in [-0.39, 0.29) is 0 Å². The van der Waals surface area contributed by atoms with Crippen LogP contribution in [0.2, 0.25) is 0 Å². The molecule has 1 aliphatic rings. The molecule has 26 heavy (non-hydrogen) atoms. The number of nitrogens with zero attached hydrogens (tertiary/aromatic N) is 2. The highest BCUT2D eigenvalue weighted by atomic mass is 16.5. The molecule has 0 saturated heterocycles. The quantitative estimate of drug-likeness (QED) is 0.791. The lowest BCUT2D eigenvalue weighted by Crippen LogP contribution is -2.56. The van der Waals surface area contributed by atoms with Crippen LogP contribution in [0.5, 0.6) is 0 Å². The van der Waals surface area contributed by atoms with Gasteiger partial charge in [0.2, 0.25) is 0 Å². The molecule has 0 N–H and O–H groups in total. The Hall–Kier alpha value is -3.15. The minimum Gasteiger partial charge on any atom is -0.468 e. The number of anilines is 1. The minimum atomic E-state index is -1.37. The van der Waals surface area contributed by atoms with Crippen LogP contribution in [0.4, 0.5) is 5.69 Å². The third-order valence-electron chi connectivity index (χ3n) is 4.59. The first-order chi connectivity index (χ1) is 12.5. The Labute approximate surface area is 152 Å². The van der Waals surface area contributed by atoms with Crippen LogP contribution in [0, 0.1) is 5.92 Å². The summed E-state index contributed by atoms with van der Waals surface area (Å²) in [5.41, 5.74) is 0.528. The molecule has 1 heterocycles. The minimum absolute atomic E-state index is 0.467. The molecule has 2 aromatic rings. The standard InChI is InChI=1S/C20H20N2O4/c1-20(19(24)26-3)16(18(23)25-2)17(14-10-6-4-7-11-14)21-22(20)15-12-8-5-9-13-15/h4-13,16H,1-3H3/t16-,20+/m1/s1. The van der Waals surface area contributed by atoms with Gasteiger partial charge in [0.1, 0.15) is 5.92 Å². The normalized spacial score (nSPS) is 21.9. The first kappa shape index (κ1) is 17.7. The second kappa shape index (κ2) is 7.00. The number of hydrogen-bond donors (Lipinski definition) is 0. The van der Waals surface area contributed by atoms with Crippen molar-refractivity contribution in [3.8, 4) is 0 Å². The van der Waals surface area contributed by atoms with Crippen LogP contribution < -0.4 is 5.01 Å². The average Bonchev–Trinajstić information content (AvgIpc) is 3.02. The van der Waals surface area contributed by atoms with E-state index in [2.05, 4.69) is 5.10 Å². The van der Waals surface area contributed by atoms with E-state index in [0.29, 0.717) is 11.4 Å². The van der Waals surface area contributed by atoms with E-state index in [1.165, 1.54) is 14.2 Å². The van der Waals surface area contributed by atoms with Crippen molar-refractivity contribution in [2.24, 2.45) is 11.0 Å². The van der Waals surface area contributed by atoms with Gasteiger partial charge < -0.3 is 9.47 Å². The van der Waals surface area contributed by atoms with Gasteiger partial charge in [-0.2, -0.15) is 5.10 Å². The van der Waals surface area contributed by atoms with E-state index in [1.54, 1.807) is 11.9 Å². The van der Waals surface area contributed by atoms with E-state index in [4.69, 9.17) is 9.47 Å². The molecule has 0 saturated carbocycles. The number of para-hydroxylation sites is 1. The second-order valence-corrected chi connectivity index (χ2v) is 6.09. The Bertz CT molecular complexity index is 835. The Balaban J connectivity index is 2.22. The van der Waals surface area contributed by atoms with E-state index in [0.717, 1.165) is 5.56 Å². The van der Waals surface area contributed by atoms with Crippen LogP contribution in [0.25, 0.3) is 0 Å². The summed E-state index contributed by atoms with van der Waals surface area (Å²) in [6.45, 7) is 1.65. The molecular formula is C20H20N2O4. The molecule has 1 aliphatic heterocycles. The molecule has 0 aromatic heterocycles. The van der Waals surface area contributed by atoms with E-state index >= 15 is 0 Å². The lowest BCUT2D eigenvalue weighted by atomic mass is 9.80. The smallest absolute Gasteiger partial charge is 0.334 e. The third kappa shape index (κ3) is 2.73. The number of hydrogen-bond acceptors (Lipinski definition) is 6. The summed E-state index contributed by atoms with van der Waals surface area (Å²) in [6, 6.07) is 18.5. The molecular weight excluding hydrogens is 332 g/mol. The zero-order chi connectivity index (χ0) is 18.7. The van der Waals surface area contributed by atoms with Crippen LogP contribution in [0.3, 0.4) is 0 Å². The maximum absolute atomic E-state index is 12.8. The van der Waals surface area contributed by atoms with Gasteiger partial charge in [0.15, 0.2) is 5.54 Å². The molecule has 0 fully saturated rings. The summed E-state index contributed by atoms with van der Waals surface area (Å²) in [4.78, 5) is 25.5. The number of methoxy groups -OCH3 is 2. The van der Waals surface area contributed by atoms with Gasteiger partial charge in [0, 0.05) is 0 Å². The number of benzene rings is 2. The lowest BCUT2D eigenvalue weighted by molar-refractivity contribution is -0.155. The monoisotopic (exact) mass is 352 g/mol. The van der Waals surface area contributed by atoms with Crippen molar-refractivity contribution in [1.82, 2.24) is 0 Å². The highest BCUT2D eigenvalue weighted by Gasteiger charge is 2.59. The van der Waals surface area contributed by atoms with Crippen LogP contribution in [0.1, 0.15) is 12.5 Å². The third-order valence-corrected chi connectivity index (χ3v) is 4.59. The van der Waals surface area contributed by atoms with Crippen molar-refractivity contribution in [3.05, 3.63) is 66.2 Å². The highest BCUT2D eigenvalue weighted by Crippen LogP contribution is 2.40. The molecule has 3 rings (SSSR count). The van der Waals surface area contributed by atoms with Crippen LogP contribution in [-0.2, 0) is 19.1 Å². The molecule has 0 radical (unpaired) electrons. The van der Waals surface area contributed by atoms with Crippen LogP contribution in [0.15, 0.2) is 65.8 Å². The molecule has 2 aromatic carbocycles. The van der Waals surface area contributed by atoms with E-state index in [1.807, 2.05) is 60.7 Å². The molecule has 6 heteroatoms. The molecule has 6 nitrogen and oxygen atoms in total. The molecule has 2 atom stereocenters. The number of hydrazone groups is 1. The summed E-state index contributed by atoms with van der Waals surface area (Å²) in [5, 5.41) is 6.19. The van der Waals surface area contributed by atoms with Crippen molar-refractivity contribution in [3.63, 3.8) is 0 Å². The molecule has 0 unspecified atom stereocenters. The number of esters is 2. The second-order valence-electron chi connectivity index (χ2n) is 6.09. The molecule has 0 amide bonds. The van der Waals surface area contributed by atoms with E-state index < -0.39 is 23.4 Å². The summed E-state index contributed by atoms with van der Waals surface area (Å²) in [6.07, 6.45) is 0. The lowest BCUT2D eigenvalue weighted by Gasteiger charge is -2.34. The van der Waals surface area contributed by atoms with Gasteiger partial charge >= 0.3 is 11.9 Å². The Morgan fingerprint density at radius 2 is 1.54 bits per heavy atom. The first-order valence-electron chi connectivity index (χ1n) is 8.19. The van der Waals surface area contributed by atoms with Gasteiger partial charge in [-0.3, -0.25) is 4.79 Å². The maximum atomic E-state index is 12.8. The fourth-order valence-electron chi connectivity index (χ4n) is 3.26. The van der Waals surface area contributed by atoms with Crippen molar-refractivity contribution in [2.75, 3.05) is 19.2 Å². The Morgan fingerprint density at radius 1 is 0.962 bits per heavy atom. The fraction of sp³-hybridized carbons (Fsp3) is 0.250. The van der Waals surface area contributed by atoms with Gasteiger partial charge in [0.05, 0.1) is 25.6 Å². The number of rotatable bonds is 4. The number of carbonyl (C=O) groups excluding carboxylic acids is 2. The first-order valence-corrected chi connectivity index (χ1v) is 8.19. The number of ether oxygens (including phenoxy) is 2. The summed E-state index contributed by atoms with van der Waals surface area (Å²) in [5.74, 6) is -2.03. The molecule has 0 spiro atoms. The SMILES string of the molecule is COC(=O)[C@H]1C(c2ccccc2)=NN(c2ccccc2)[C@]1(C)C(=O)OC. The molecule has 0 bridgehead atoms. The zero-order valence-corrected chi connectivity index (χ0v) is 14.9. The predicted octanol–water partition coefficient (Wildman–Crippen LogP) is 2.63. The highest BCUT2D eigenvalue weighted by molar-refractivity contribution is 6.18. The fourth-order valence-corrected chi connectivity index (χ4v) is 3.26. The van der Waals surface area contributed by atoms with E-state index in [9.17, 15) is 9.59 Å². The zero-order valence-electron chi connectivity index (χ0n) is 14.9. The van der Waals surface area contributed by atoms with Crippen molar-refractivity contribution >= 4 is 23.3 Å². The summed E-state index contributed by atoms with van der Waals surface area (Å²) >= 11 is 0. The average molecular weight is 352 g/mol. The van der Waals surface area contributed by atoms with Crippen molar-refractivity contribution < 1.29 is 19.1 Å².